The van der Waals surface area contributed by atoms with Gasteiger partial charge in [0.1, 0.15) is 5.82 Å². The number of rotatable bonds is 16. The second-order valence-electron chi connectivity index (χ2n) is 11.1. The summed E-state index contributed by atoms with van der Waals surface area (Å²) in [5.74, 6) is 0.799. The van der Waals surface area contributed by atoms with Crippen molar-refractivity contribution in [1.29, 1.82) is 0 Å². The Bertz CT molecular complexity index is 1600. The molecule has 2 aromatic heterocycles. The zero-order chi connectivity index (χ0) is 31.8. The van der Waals surface area contributed by atoms with Crippen molar-refractivity contribution >= 4 is 28.6 Å². The third-order valence-corrected chi connectivity index (χ3v) is 9.32. The van der Waals surface area contributed by atoms with Crippen LogP contribution in [-0.2, 0) is 32.5 Å². The quantitative estimate of drug-likeness (QED) is 0.108. The van der Waals surface area contributed by atoms with E-state index in [9.17, 15) is 9.59 Å². The van der Waals surface area contributed by atoms with Crippen molar-refractivity contribution in [2.45, 2.75) is 84.6 Å². The maximum Gasteiger partial charge on any atom is 0.332 e. The second-order valence-corrected chi connectivity index (χ2v) is 12.0. The fourth-order valence-corrected chi connectivity index (χ4v) is 6.46. The average molecular weight is 620 g/mol. The molecule has 0 radical (unpaired) electrons. The molecule has 2 N–H and O–H groups in total. The highest BCUT2D eigenvalue weighted by Gasteiger charge is 2.27. The van der Waals surface area contributed by atoms with Crippen LogP contribution in [0.4, 0.5) is 5.69 Å². The van der Waals surface area contributed by atoms with Gasteiger partial charge in [0.15, 0.2) is 11.2 Å². The molecule has 9 nitrogen and oxygen atoms in total. The Labute approximate surface area is 265 Å². The number of likely N-dealkylation sites (N-methyl/N-ethyl adjacent to an activating group) is 2. The van der Waals surface area contributed by atoms with E-state index in [4.69, 9.17) is 10.7 Å². The van der Waals surface area contributed by atoms with Crippen molar-refractivity contribution in [2.75, 3.05) is 38.2 Å². The lowest BCUT2D eigenvalue weighted by Crippen LogP contribution is -2.51. The normalized spacial score (nSPS) is 11.9. The number of nitrogens with two attached hydrogens (primary N) is 1. The van der Waals surface area contributed by atoms with Crippen LogP contribution in [-0.4, -0.2) is 67.1 Å². The number of nitrogens with zero attached hydrogens (tertiary/aromatic N) is 6. The number of imidazole rings is 1. The predicted octanol–water partition coefficient (Wildman–Crippen LogP) is 4.92. The maximum absolute atomic E-state index is 14.2. The first kappa shape index (κ1) is 33.6. The Hall–Kier alpha value is -3.34. The van der Waals surface area contributed by atoms with E-state index in [1.807, 2.05) is 31.2 Å². The first-order valence-corrected chi connectivity index (χ1v) is 17.2. The summed E-state index contributed by atoms with van der Waals surface area (Å²) in [5.41, 5.74) is 9.22. The molecule has 0 aliphatic carbocycles. The number of nitrogen functional groups attached to an aromatic ring is 1. The Kier molecular flexibility index (Phi) is 11.9. The lowest BCUT2D eigenvalue weighted by atomic mass is 10.1. The lowest BCUT2D eigenvalue weighted by Gasteiger charge is -2.38. The van der Waals surface area contributed by atoms with Crippen molar-refractivity contribution in [3.05, 3.63) is 86.3 Å². The summed E-state index contributed by atoms with van der Waals surface area (Å²) < 4.78 is 5.24. The number of hydrogen-bond acceptors (Lipinski definition) is 7. The van der Waals surface area contributed by atoms with E-state index in [0.29, 0.717) is 55.7 Å². The van der Waals surface area contributed by atoms with Gasteiger partial charge in [-0.3, -0.25) is 23.7 Å². The molecule has 44 heavy (non-hydrogen) atoms. The van der Waals surface area contributed by atoms with Gasteiger partial charge in [-0.05, 0) is 80.7 Å². The predicted molar refractivity (Wildman–Crippen MR) is 184 cm³/mol. The third kappa shape index (κ3) is 7.30. The van der Waals surface area contributed by atoms with E-state index in [0.717, 1.165) is 43.1 Å². The highest BCUT2D eigenvalue weighted by atomic mass is 32.2. The van der Waals surface area contributed by atoms with Crippen LogP contribution in [0.25, 0.3) is 11.2 Å². The number of aromatic nitrogens is 4. The number of benzene rings is 2. The van der Waals surface area contributed by atoms with Crippen LogP contribution in [0.1, 0.15) is 58.0 Å². The van der Waals surface area contributed by atoms with Crippen molar-refractivity contribution in [1.82, 2.24) is 28.5 Å². The van der Waals surface area contributed by atoms with Gasteiger partial charge >= 0.3 is 5.69 Å². The molecule has 238 valence electrons. The van der Waals surface area contributed by atoms with E-state index in [1.165, 1.54) is 9.46 Å². The summed E-state index contributed by atoms with van der Waals surface area (Å²) in [5, 5.41) is 0. The molecule has 0 unspecified atom stereocenters. The average Bonchev–Trinajstić information content (AvgIpc) is 3.38. The Morgan fingerprint density at radius 3 is 1.93 bits per heavy atom. The van der Waals surface area contributed by atoms with Crippen molar-refractivity contribution in [2.24, 2.45) is 0 Å². The minimum atomic E-state index is -0.302. The molecule has 4 aromatic rings. The van der Waals surface area contributed by atoms with Gasteiger partial charge < -0.3 is 10.3 Å². The lowest BCUT2D eigenvalue weighted by molar-refractivity contribution is 0.0438. The topological polar surface area (TPSA) is 94.3 Å². The van der Waals surface area contributed by atoms with Crippen LogP contribution in [0.3, 0.4) is 0 Å². The summed E-state index contributed by atoms with van der Waals surface area (Å²) in [7, 11) is 0. The van der Waals surface area contributed by atoms with Crippen LogP contribution < -0.4 is 17.0 Å². The summed E-state index contributed by atoms with van der Waals surface area (Å²) in [6.45, 7) is 15.6. The molecule has 10 heteroatoms. The van der Waals surface area contributed by atoms with Gasteiger partial charge in [0.2, 0.25) is 0 Å². The number of aryl methyl sites for hydroxylation is 2. The highest BCUT2D eigenvalue weighted by molar-refractivity contribution is 7.98. The van der Waals surface area contributed by atoms with E-state index >= 15 is 0 Å². The Morgan fingerprint density at radius 1 is 0.795 bits per heavy atom. The molecule has 0 spiro atoms. The summed E-state index contributed by atoms with van der Waals surface area (Å²) in [6.07, 6.45) is 4.01. The van der Waals surface area contributed by atoms with E-state index < -0.39 is 0 Å². The third-order valence-electron chi connectivity index (χ3n) is 8.58. The fraction of sp³-hybridized carbons (Fsp3) is 0.500. The molecule has 0 saturated heterocycles. The Balaban J connectivity index is 1.95. The standard InChI is InChI=1S/C34H49N7O2S/c1-7-21-40-33(42)31-32(39(34(40)43)22-20-25-12-16-27(35)17-13-25)36-29(23-26-14-18-28(44-6)19-15-26)41(31)24-30(37(8-2)9-3)38(10-4)11-5/h12-19,30H,7-11,20-24,35H2,1-6H3. The molecule has 2 heterocycles. The smallest absolute Gasteiger partial charge is 0.332 e. The Morgan fingerprint density at radius 2 is 1.39 bits per heavy atom. The fourth-order valence-electron chi connectivity index (χ4n) is 6.06. The van der Waals surface area contributed by atoms with Crippen LogP contribution in [0, 0.1) is 0 Å². The zero-order valence-corrected chi connectivity index (χ0v) is 28.1. The van der Waals surface area contributed by atoms with E-state index in [2.05, 4.69) is 72.6 Å². The van der Waals surface area contributed by atoms with Crippen LogP contribution >= 0.6 is 11.8 Å². The monoisotopic (exact) mass is 619 g/mol. The molecule has 4 rings (SSSR count). The molecule has 0 bridgehead atoms. The van der Waals surface area contributed by atoms with Crippen LogP contribution in [0.2, 0.25) is 0 Å². The summed E-state index contributed by atoms with van der Waals surface area (Å²) >= 11 is 1.71. The molecular formula is C34H49N7O2S. The number of thioether (sulfide) groups is 1. The van der Waals surface area contributed by atoms with E-state index in [1.54, 1.807) is 16.3 Å². The molecule has 2 aromatic carbocycles. The van der Waals surface area contributed by atoms with E-state index in [-0.39, 0.29) is 17.4 Å². The maximum atomic E-state index is 14.2. The number of anilines is 1. The van der Waals surface area contributed by atoms with Gasteiger partial charge in [0, 0.05) is 30.1 Å². The highest BCUT2D eigenvalue weighted by Crippen LogP contribution is 2.22. The molecular weight excluding hydrogens is 570 g/mol. The van der Waals surface area contributed by atoms with Gasteiger partial charge in [-0.2, -0.15) is 0 Å². The van der Waals surface area contributed by atoms with Crippen molar-refractivity contribution < 1.29 is 0 Å². The largest absolute Gasteiger partial charge is 0.399 e. The van der Waals surface area contributed by atoms with Gasteiger partial charge in [-0.25, -0.2) is 9.78 Å². The van der Waals surface area contributed by atoms with Gasteiger partial charge in [0.05, 0.1) is 12.7 Å². The number of hydrogen-bond donors (Lipinski definition) is 1. The molecule has 0 aliphatic rings. The van der Waals surface area contributed by atoms with Gasteiger partial charge in [-0.1, -0.05) is 58.9 Å². The number of fused-ring (bicyclic) bond motifs is 1. The summed E-state index contributed by atoms with van der Waals surface area (Å²) in [4.78, 5) is 39.3. The van der Waals surface area contributed by atoms with Crippen LogP contribution in [0.5, 0.6) is 0 Å². The molecule has 0 amide bonds. The summed E-state index contributed by atoms with van der Waals surface area (Å²) in [6, 6.07) is 16.2. The van der Waals surface area contributed by atoms with Gasteiger partial charge in [0.25, 0.3) is 5.56 Å². The molecule has 0 saturated carbocycles. The van der Waals surface area contributed by atoms with Crippen LogP contribution in [0.15, 0.2) is 63.0 Å². The minimum Gasteiger partial charge on any atom is -0.399 e. The van der Waals surface area contributed by atoms with Crippen molar-refractivity contribution in [3.63, 3.8) is 0 Å². The minimum absolute atomic E-state index is 0.0733. The van der Waals surface area contributed by atoms with Gasteiger partial charge in [-0.15, -0.1) is 11.8 Å². The molecule has 0 fully saturated rings. The SMILES string of the molecule is CCCn1c(=O)c2c(nc(Cc3ccc(SC)cc3)n2CC(N(CC)CC)N(CC)CC)n(CCc2ccc(N)cc2)c1=O. The first-order valence-electron chi connectivity index (χ1n) is 16.0. The zero-order valence-electron chi connectivity index (χ0n) is 27.3. The molecule has 0 aliphatic heterocycles. The second kappa shape index (κ2) is 15.6. The first-order chi connectivity index (χ1) is 21.3. The van der Waals surface area contributed by atoms with Crippen molar-refractivity contribution in [3.8, 4) is 0 Å². The molecule has 0 atom stereocenters.